The van der Waals surface area contributed by atoms with Crippen molar-refractivity contribution in [1.29, 1.82) is 0 Å². The Kier molecular flexibility index (Phi) is 3.00. The largest absolute Gasteiger partial charge is 0.361 e. The van der Waals surface area contributed by atoms with Gasteiger partial charge in [-0.15, -0.1) is 0 Å². The summed E-state index contributed by atoms with van der Waals surface area (Å²) in [6, 6.07) is 2.07. The molecule has 22 heavy (non-hydrogen) atoms. The van der Waals surface area contributed by atoms with E-state index in [-0.39, 0.29) is 18.4 Å². The van der Waals surface area contributed by atoms with Crippen molar-refractivity contribution in [3.05, 3.63) is 29.7 Å². The second-order valence-corrected chi connectivity index (χ2v) is 7.91. The van der Waals surface area contributed by atoms with Crippen molar-refractivity contribution >= 4 is 5.91 Å². The van der Waals surface area contributed by atoms with Gasteiger partial charge in [-0.25, -0.2) is 0 Å². The van der Waals surface area contributed by atoms with E-state index in [1.165, 1.54) is 24.8 Å². The fourth-order valence-corrected chi connectivity index (χ4v) is 4.26. The van der Waals surface area contributed by atoms with E-state index in [0.717, 1.165) is 12.1 Å². The molecule has 1 amide bonds. The van der Waals surface area contributed by atoms with Gasteiger partial charge in [-0.05, 0) is 42.9 Å². The summed E-state index contributed by atoms with van der Waals surface area (Å²) < 4.78 is 5.28. The third-order valence-corrected chi connectivity index (χ3v) is 6.13. The Hall–Kier alpha value is -1.58. The molecule has 118 valence electrons. The highest BCUT2D eigenvalue weighted by molar-refractivity contribution is 5.78. The van der Waals surface area contributed by atoms with Gasteiger partial charge in [-0.3, -0.25) is 4.79 Å². The fourth-order valence-electron chi connectivity index (χ4n) is 4.26. The minimum absolute atomic E-state index is 0.0174. The molecule has 4 saturated carbocycles. The van der Waals surface area contributed by atoms with Crippen molar-refractivity contribution in [2.24, 2.45) is 17.3 Å². The molecule has 0 radical (unpaired) electrons. The summed E-state index contributed by atoms with van der Waals surface area (Å²) in [6.45, 7) is 8.90. The first-order valence-corrected chi connectivity index (χ1v) is 8.38. The molecule has 1 aromatic rings. The van der Waals surface area contributed by atoms with E-state index in [1.54, 1.807) is 0 Å². The van der Waals surface area contributed by atoms with Gasteiger partial charge < -0.3 is 9.84 Å². The van der Waals surface area contributed by atoms with Crippen LogP contribution in [0, 0.1) is 17.3 Å². The van der Waals surface area contributed by atoms with Gasteiger partial charge in [0, 0.05) is 12.0 Å². The van der Waals surface area contributed by atoms with Crippen LogP contribution in [0.3, 0.4) is 0 Å². The standard InChI is InChI=1S/C18H24N2O2/c1-10-14-6-12(18(14,2)3)7-15(10)19-17(21)9-13-8-16(20-22-13)11-4-5-11/h8,11-12,14-15H,1,4-7,9H2,2-3H3,(H,19,21)/t12-,14+,15?/m1/s1. The second kappa shape index (κ2) is 4.71. The number of hydrogen-bond donors (Lipinski definition) is 1. The van der Waals surface area contributed by atoms with Gasteiger partial charge >= 0.3 is 0 Å². The maximum Gasteiger partial charge on any atom is 0.228 e. The Morgan fingerprint density at radius 2 is 2.23 bits per heavy atom. The summed E-state index contributed by atoms with van der Waals surface area (Å²) in [5, 5.41) is 7.20. The van der Waals surface area contributed by atoms with E-state index in [4.69, 9.17) is 4.52 Å². The Labute approximate surface area is 131 Å². The summed E-state index contributed by atoms with van der Waals surface area (Å²) >= 11 is 0. The van der Waals surface area contributed by atoms with Crippen LogP contribution in [0.25, 0.3) is 0 Å². The molecule has 5 rings (SSSR count). The summed E-state index contributed by atoms with van der Waals surface area (Å²) in [7, 11) is 0. The van der Waals surface area contributed by atoms with Crippen LogP contribution in [0.15, 0.2) is 22.7 Å². The number of nitrogens with zero attached hydrogens (tertiary/aromatic N) is 1. The lowest BCUT2D eigenvalue weighted by atomic mass is 9.46. The number of nitrogens with one attached hydrogen (secondary N) is 1. The Morgan fingerprint density at radius 3 is 2.86 bits per heavy atom. The van der Waals surface area contributed by atoms with E-state index in [2.05, 4.69) is 30.9 Å². The summed E-state index contributed by atoms with van der Waals surface area (Å²) in [5.74, 6) is 2.52. The zero-order chi connectivity index (χ0) is 15.5. The van der Waals surface area contributed by atoms with Crippen LogP contribution in [0.1, 0.15) is 56.9 Å². The topological polar surface area (TPSA) is 55.1 Å². The zero-order valence-electron chi connectivity index (χ0n) is 13.4. The number of rotatable bonds is 4. The van der Waals surface area contributed by atoms with Gasteiger partial charge in [-0.2, -0.15) is 0 Å². The molecule has 4 heteroatoms. The van der Waals surface area contributed by atoms with E-state index >= 15 is 0 Å². The molecule has 4 nitrogen and oxygen atoms in total. The summed E-state index contributed by atoms with van der Waals surface area (Å²) in [4.78, 5) is 12.3. The monoisotopic (exact) mass is 300 g/mol. The van der Waals surface area contributed by atoms with Crippen LogP contribution >= 0.6 is 0 Å². The number of carbonyl (C=O) groups is 1. The smallest absolute Gasteiger partial charge is 0.228 e. The highest BCUT2D eigenvalue weighted by Crippen LogP contribution is 2.60. The van der Waals surface area contributed by atoms with E-state index in [9.17, 15) is 4.79 Å². The van der Waals surface area contributed by atoms with Crippen LogP contribution in [-0.2, 0) is 11.2 Å². The van der Waals surface area contributed by atoms with Crippen LogP contribution < -0.4 is 5.32 Å². The molecule has 4 aliphatic carbocycles. The predicted octanol–water partition coefficient (Wildman–Crippen LogP) is 3.20. The maximum atomic E-state index is 12.3. The molecular weight excluding hydrogens is 276 g/mol. The first kappa shape index (κ1) is 14.0. The van der Waals surface area contributed by atoms with E-state index in [1.807, 2.05) is 6.07 Å². The molecule has 2 bridgehead atoms. The summed E-state index contributed by atoms with van der Waals surface area (Å²) in [6.07, 6.45) is 4.93. The zero-order valence-corrected chi connectivity index (χ0v) is 13.4. The van der Waals surface area contributed by atoms with Gasteiger partial charge in [0.15, 0.2) is 0 Å². The quantitative estimate of drug-likeness (QED) is 0.869. The molecule has 3 atom stereocenters. The fraction of sp³-hybridized carbons (Fsp3) is 0.667. The number of fused-ring (bicyclic) bond motifs is 2. The minimum Gasteiger partial charge on any atom is -0.361 e. The van der Waals surface area contributed by atoms with Crippen molar-refractivity contribution in [2.75, 3.05) is 0 Å². The number of amides is 1. The van der Waals surface area contributed by atoms with Gasteiger partial charge in [0.25, 0.3) is 0 Å². The highest BCUT2D eigenvalue weighted by Gasteiger charge is 2.54. The lowest BCUT2D eigenvalue weighted by Crippen LogP contribution is -2.57. The van der Waals surface area contributed by atoms with Crippen LogP contribution in [0.2, 0.25) is 0 Å². The average molecular weight is 300 g/mol. The Morgan fingerprint density at radius 1 is 1.45 bits per heavy atom. The Balaban J connectivity index is 1.35. The lowest BCUT2D eigenvalue weighted by molar-refractivity contribution is -0.122. The summed E-state index contributed by atoms with van der Waals surface area (Å²) in [5.41, 5.74) is 2.58. The normalized spacial score (nSPS) is 32.5. The van der Waals surface area contributed by atoms with Gasteiger partial charge in [0.1, 0.15) is 5.76 Å². The molecule has 0 saturated heterocycles. The second-order valence-electron chi connectivity index (χ2n) is 7.91. The average Bonchev–Trinajstić information content (AvgIpc) is 3.21. The van der Waals surface area contributed by atoms with Crippen molar-refractivity contribution in [2.45, 2.75) is 57.9 Å². The van der Waals surface area contributed by atoms with Crippen molar-refractivity contribution in [3.63, 3.8) is 0 Å². The highest BCUT2D eigenvalue weighted by atomic mass is 16.5. The first-order valence-electron chi connectivity index (χ1n) is 8.38. The number of carbonyl (C=O) groups excluding carboxylic acids is 1. The van der Waals surface area contributed by atoms with E-state index in [0.29, 0.717) is 28.9 Å². The van der Waals surface area contributed by atoms with E-state index < -0.39 is 0 Å². The molecule has 1 heterocycles. The number of aromatic nitrogens is 1. The van der Waals surface area contributed by atoms with Crippen LogP contribution in [-0.4, -0.2) is 17.1 Å². The third-order valence-electron chi connectivity index (χ3n) is 6.13. The molecular formula is C18H24N2O2. The third kappa shape index (κ3) is 2.20. The first-order chi connectivity index (χ1) is 10.4. The van der Waals surface area contributed by atoms with Crippen LogP contribution in [0.5, 0.6) is 0 Å². The van der Waals surface area contributed by atoms with Crippen LogP contribution in [0.4, 0.5) is 0 Å². The molecule has 1 aromatic heterocycles. The minimum atomic E-state index is 0.0174. The van der Waals surface area contributed by atoms with Gasteiger partial charge in [-0.1, -0.05) is 31.2 Å². The molecule has 1 N–H and O–H groups in total. The molecule has 0 aromatic carbocycles. The van der Waals surface area contributed by atoms with Crippen molar-refractivity contribution in [1.82, 2.24) is 10.5 Å². The molecule has 4 aliphatic rings. The maximum absolute atomic E-state index is 12.3. The Bertz CT molecular complexity index is 627. The molecule has 0 aliphatic heterocycles. The van der Waals surface area contributed by atoms with Gasteiger partial charge in [0.05, 0.1) is 18.2 Å². The van der Waals surface area contributed by atoms with Crippen molar-refractivity contribution in [3.8, 4) is 0 Å². The molecule has 4 fully saturated rings. The predicted molar refractivity (Wildman–Crippen MR) is 83.2 cm³/mol. The lowest BCUT2D eigenvalue weighted by Gasteiger charge is -2.60. The SMILES string of the molecule is C=C1C(NC(=O)Cc2cc(C3CC3)no2)C[C@H]2C[C@@H]1C2(C)C. The molecule has 0 spiro atoms. The number of hydrogen-bond acceptors (Lipinski definition) is 3. The van der Waals surface area contributed by atoms with Gasteiger partial charge in [0.2, 0.25) is 5.91 Å². The van der Waals surface area contributed by atoms with Crippen molar-refractivity contribution < 1.29 is 9.32 Å². The molecule has 1 unspecified atom stereocenters.